The highest BCUT2D eigenvalue weighted by Crippen LogP contribution is 2.30. The van der Waals surface area contributed by atoms with Gasteiger partial charge in [-0.05, 0) is 73.9 Å². The van der Waals surface area contributed by atoms with Crippen LogP contribution in [0.5, 0.6) is 23.0 Å². The molecule has 0 aliphatic carbocycles. The number of amides is 1. The zero-order chi connectivity index (χ0) is 28.2. The average Bonchev–Trinajstić information content (AvgIpc) is 2.97. The maximum absolute atomic E-state index is 12.8. The molecule has 0 heterocycles. The van der Waals surface area contributed by atoms with Gasteiger partial charge in [0.25, 0.3) is 5.91 Å². The van der Waals surface area contributed by atoms with E-state index in [1.54, 1.807) is 24.4 Å². The summed E-state index contributed by atoms with van der Waals surface area (Å²) >= 11 is 0. The Bertz CT molecular complexity index is 1420. The molecular formula is C33H34N2O5. The smallest absolute Gasteiger partial charge is 0.271 e. The van der Waals surface area contributed by atoms with Crippen molar-refractivity contribution < 1.29 is 23.7 Å². The van der Waals surface area contributed by atoms with Gasteiger partial charge in [-0.25, -0.2) is 5.43 Å². The first-order chi connectivity index (χ1) is 19.6. The number of ether oxygens (including phenoxy) is 4. The Labute approximate surface area is 235 Å². The molecule has 0 radical (unpaired) electrons. The lowest BCUT2D eigenvalue weighted by Gasteiger charge is -2.13. The van der Waals surface area contributed by atoms with Crippen LogP contribution in [0, 0.1) is 6.92 Å². The molecule has 0 aliphatic rings. The first kappa shape index (κ1) is 28.2. The van der Waals surface area contributed by atoms with Crippen LogP contribution in [0.4, 0.5) is 0 Å². The highest BCUT2D eigenvalue weighted by atomic mass is 16.5. The lowest BCUT2D eigenvalue weighted by molar-refractivity contribution is 0.0954. The lowest BCUT2D eigenvalue weighted by atomic mass is 10.1. The van der Waals surface area contributed by atoms with Crippen molar-refractivity contribution in [2.45, 2.75) is 34.0 Å². The van der Waals surface area contributed by atoms with Crippen molar-refractivity contribution in [3.8, 4) is 23.0 Å². The first-order valence-corrected chi connectivity index (χ1v) is 13.3. The van der Waals surface area contributed by atoms with E-state index in [0.717, 1.165) is 16.7 Å². The molecule has 0 saturated heterocycles. The summed E-state index contributed by atoms with van der Waals surface area (Å²) in [6.07, 6.45) is 1.56. The molecule has 1 amide bonds. The third-order valence-corrected chi connectivity index (χ3v) is 5.91. The molecule has 0 aromatic heterocycles. The second kappa shape index (κ2) is 14.4. The highest BCUT2D eigenvalue weighted by Gasteiger charge is 2.12. The van der Waals surface area contributed by atoms with E-state index in [2.05, 4.69) is 29.6 Å². The van der Waals surface area contributed by atoms with Gasteiger partial charge in [-0.15, -0.1) is 0 Å². The number of nitrogens with one attached hydrogen (secondary N) is 1. The molecule has 0 bridgehead atoms. The number of benzene rings is 4. The topological polar surface area (TPSA) is 78.4 Å². The van der Waals surface area contributed by atoms with Crippen molar-refractivity contribution >= 4 is 12.1 Å². The van der Waals surface area contributed by atoms with Crippen LogP contribution in [-0.4, -0.2) is 25.3 Å². The fourth-order valence-electron chi connectivity index (χ4n) is 3.84. The Morgan fingerprint density at radius 1 is 0.700 bits per heavy atom. The minimum absolute atomic E-state index is 0.366. The zero-order valence-corrected chi connectivity index (χ0v) is 23.1. The molecule has 0 spiro atoms. The van der Waals surface area contributed by atoms with Gasteiger partial charge in [-0.3, -0.25) is 4.79 Å². The van der Waals surface area contributed by atoms with E-state index in [1.807, 2.05) is 74.5 Å². The number of aryl methyl sites for hydroxylation is 1. The molecule has 206 valence electrons. The summed E-state index contributed by atoms with van der Waals surface area (Å²) in [6.45, 7) is 7.62. The van der Waals surface area contributed by atoms with Gasteiger partial charge in [-0.1, -0.05) is 60.2 Å². The third-order valence-electron chi connectivity index (χ3n) is 5.91. The van der Waals surface area contributed by atoms with Crippen molar-refractivity contribution in [2.75, 3.05) is 13.2 Å². The summed E-state index contributed by atoms with van der Waals surface area (Å²) in [6, 6.07) is 28.7. The number of nitrogens with zero attached hydrogens (tertiary/aromatic N) is 1. The Morgan fingerprint density at radius 3 is 1.95 bits per heavy atom. The molecule has 7 nitrogen and oxygen atoms in total. The van der Waals surface area contributed by atoms with Gasteiger partial charge in [0.1, 0.15) is 13.2 Å². The predicted octanol–water partition coefficient (Wildman–Crippen LogP) is 6.71. The molecule has 4 rings (SSSR count). The van der Waals surface area contributed by atoms with Crippen LogP contribution in [0.25, 0.3) is 0 Å². The molecule has 0 atom stereocenters. The molecule has 40 heavy (non-hydrogen) atoms. The molecule has 1 N–H and O–H groups in total. The quantitative estimate of drug-likeness (QED) is 0.151. The van der Waals surface area contributed by atoms with E-state index in [-0.39, 0.29) is 5.91 Å². The lowest BCUT2D eigenvalue weighted by Crippen LogP contribution is -2.17. The van der Waals surface area contributed by atoms with Gasteiger partial charge >= 0.3 is 0 Å². The number of rotatable bonds is 13. The Hall–Kier alpha value is -4.78. The summed E-state index contributed by atoms with van der Waals surface area (Å²) in [5, 5.41) is 4.13. The predicted molar refractivity (Wildman–Crippen MR) is 157 cm³/mol. The van der Waals surface area contributed by atoms with Crippen molar-refractivity contribution in [1.29, 1.82) is 0 Å². The maximum atomic E-state index is 12.8. The fraction of sp³-hybridized carbons (Fsp3) is 0.212. The molecule has 7 heteroatoms. The normalized spacial score (nSPS) is 10.8. The average molecular weight is 539 g/mol. The Balaban J connectivity index is 1.38. The van der Waals surface area contributed by atoms with E-state index in [1.165, 1.54) is 5.56 Å². The number of hydrazone groups is 1. The third kappa shape index (κ3) is 8.11. The van der Waals surface area contributed by atoms with Crippen LogP contribution in [0.2, 0.25) is 0 Å². The van der Waals surface area contributed by atoms with E-state index in [0.29, 0.717) is 55.0 Å². The van der Waals surface area contributed by atoms with Gasteiger partial charge in [0, 0.05) is 5.56 Å². The molecule has 0 unspecified atom stereocenters. The summed E-state index contributed by atoms with van der Waals surface area (Å²) in [5.41, 5.74) is 7.05. The summed E-state index contributed by atoms with van der Waals surface area (Å²) in [4.78, 5) is 12.8. The maximum Gasteiger partial charge on any atom is 0.271 e. The summed E-state index contributed by atoms with van der Waals surface area (Å²) < 4.78 is 23.4. The van der Waals surface area contributed by atoms with Crippen LogP contribution in [-0.2, 0) is 13.2 Å². The Kier molecular flexibility index (Phi) is 10.2. The first-order valence-electron chi connectivity index (χ1n) is 13.3. The van der Waals surface area contributed by atoms with Crippen molar-refractivity contribution in [1.82, 2.24) is 5.43 Å². The van der Waals surface area contributed by atoms with Gasteiger partial charge in [0.15, 0.2) is 23.0 Å². The largest absolute Gasteiger partial charge is 0.490 e. The number of carbonyl (C=O) groups is 1. The second-order valence-corrected chi connectivity index (χ2v) is 8.98. The summed E-state index contributed by atoms with van der Waals surface area (Å²) in [7, 11) is 0. The van der Waals surface area contributed by atoms with Gasteiger partial charge < -0.3 is 18.9 Å². The van der Waals surface area contributed by atoms with E-state index in [4.69, 9.17) is 18.9 Å². The molecule has 0 aliphatic heterocycles. The van der Waals surface area contributed by atoms with E-state index in [9.17, 15) is 4.79 Å². The summed E-state index contributed by atoms with van der Waals surface area (Å²) in [5.74, 6) is 1.95. The van der Waals surface area contributed by atoms with Crippen molar-refractivity contribution in [3.05, 3.63) is 119 Å². The minimum atomic E-state index is -0.366. The number of carbonyl (C=O) groups excluding carboxylic acids is 1. The number of hydrogen-bond acceptors (Lipinski definition) is 6. The van der Waals surface area contributed by atoms with Crippen LogP contribution < -0.4 is 24.4 Å². The van der Waals surface area contributed by atoms with Gasteiger partial charge in [0.2, 0.25) is 0 Å². The highest BCUT2D eigenvalue weighted by molar-refractivity contribution is 5.95. The zero-order valence-electron chi connectivity index (χ0n) is 23.1. The van der Waals surface area contributed by atoms with E-state index < -0.39 is 0 Å². The van der Waals surface area contributed by atoms with E-state index >= 15 is 0 Å². The van der Waals surface area contributed by atoms with Gasteiger partial charge in [-0.2, -0.15) is 5.10 Å². The standard InChI is InChI=1S/C33H34N2O5/c1-4-37-31-19-27(15-17-29(31)40-23-26-13-11-24(3)12-14-26)21-34-35-33(36)28-16-18-30(32(20-28)38-5-2)39-22-25-9-7-6-8-10-25/h6-21H,4-5,22-23H2,1-3H3,(H,35,36)/b34-21+. The fourth-order valence-corrected chi connectivity index (χ4v) is 3.84. The molecule has 4 aromatic rings. The molecule has 0 fully saturated rings. The van der Waals surface area contributed by atoms with Crippen molar-refractivity contribution in [2.24, 2.45) is 5.10 Å². The van der Waals surface area contributed by atoms with Crippen LogP contribution in [0.3, 0.4) is 0 Å². The monoisotopic (exact) mass is 538 g/mol. The SMILES string of the molecule is CCOc1cc(/C=N/NC(=O)c2ccc(OCc3ccccc3)c(OCC)c2)ccc1OCc1ccc(C)cc1. The van der Waals surface area contributed by atoms with Crippen LogP contribution >= 0.6 is 0 Å². The number of hydrogen-bond donors (Lipinski definition) is 1. The van der Waals surface area contributed by atoms with Crippen LogP contribution in [0.15, 0.2) is 96.1 Å². The Morgan fingerprint density at radius 2 is 1.30 bits per heavy atom. The van der Waals surface area contributed by atoms with Gasteiger partial charge in [0.05, 0.1) is 19.4 Å². The second-order valence-electron chi connectivity index (χ2n) is 8.98. The molecule has 0 saturated carbocycles. The van der Waals surface area contributed by atoms with Crippen molar-refractivity contribution in [3.63, 3.8) is 0 Å². The van der Waals surface area contributed by atoms with Crippen LogP contribution in [0.1, 0.15) is 46.5 Å². The molecular weight excluding hydrogens is 504 g/mol. The molecule has 4 aromatic carbocycles. The minimum Gasteiger partial charge on any atom is -0.490 e.